The van der Waals surface area contributed by atoms with Gasteiger partial charge in [0.2, 0.25) is 0 Å². The van der Waals surface area contributed by atoms with Gasteiger partial charge in [-0.05, 0) is 49.1 Å². The smallest absolute Gasteiger partial charge is 0.0820 e. The zero-order valence-corrected chi connectivity index (χ0v) is 10.6. The van der Waals surface area contributed by atoms with Crippen molar-refractivity contribution in [3.05, 3.63) is 35.4 Å². The number of fused-ring (bicyclic) bond motifs is 1. The first-order valence-corrected chi connectivity index (χ1v) is 6.57. The molecule has 0 bridgehead atoms. The Hall–Kier alpha value is -0.860. The van der Waals surface area contributed by atoms with Crippen molar-refractivity contribution < 1.29 is 9.84 Å². The Morgan fingerprint density at radius 2 is 2.18 bits per heavy atom. The molecule has 2 nitrogen and oxygen atoms in total. The van der Waals surface area contributed by atoms with Gasteiger partial charge in [-0.1, -0.05) is 24.3 Å². The number of hydrogen-bond acceptors (Lipinski definition) is 2. The minimum atomic E-state index is -0.287. The fourth-order valence-electron chi connectivity index (χ4n) is 2.81. The summed E-state index contributed by atoms with van der Waals surface area (Å²) in [7, 11) is 1.73. The lowest BCUT2D eigenvalue weighted by Gasteiger charge is -2.21. The molecule has 2 unspecified atom stereocenters. The second kappa shape index (κ2) is 6.18. The maximum atomic E-state index is 10.5. The van der Waals surface area contributed by atoms with Crippen LogP contribution in [0.25, 0.3) is 0 Å². The molecule has 94 valence electrons. The summed E-state index contributed by atoms with van der Waals surface area (Å²) in [6.45, 7) is 0.796. The van der Waals surface area contributed by atoms with E-state index in [0.29, 0.717) is 5.92 Å². The van der Waals surface area contributed by atoms with Crippen LogP contribution in [0, 0.1) is 5.92 Å². The van der Waals surface area contributed by atoms with Crippen LogP contribution in [-0.2, 0) is 11.2 Å². The van der Waals surface area contributed by atoms with E-state index in [9.17, 15) is 5.11 Å². The lowest BCUT2D eigenvalue weighted by Crippen LogP contribution is -2.12. The van der Waals surface area contributed by atoms with E-state index in [1.54, 1.807) is 7.11 Å². The lowest BCUT2D eigenvalue weighted by atomic mass is 9.90. The summed E-state index contributed by atoms with van der Waals surface area (Å²) in [6.07, 6.45) is 5.23. The summed E-state index contributed by atoms with van der Waals surface area (Å²) >= 11 is 0. The summed E-state index contributed by atoms with van der Waals surface area (Å²) < 4.78 is 5.09. The maximum Gasteiger partial charge on any atom is 0.0820 e. The third kappa shape index (κ3) is 3.08. The number of rotatable bonds is 4. The zero-order valence-electron chi connectivity index (χ0n) is 10.6. The van der Waals surface area contributed by atoms with Crippen LogP contribution in [-0.4, -0.2) is 18.8 Å². The molecule has 1 aliphatic carbocycles. The molecule has 0 radical (unpaired) electrons. The fraction of sp³-hybridized carbons (Fsp3) is 0.600. The van der Waals surface area contributed by atoms with Crippen LogP contribution < -0.4 is 0 Å². The van der Waals surface area contributed by atoms with Crippen molar-refractivity contribution in [1.82, 2.24) is 0 Å². The average Bonchev–Trinajstić information content (AvgIpc) is 2.51. The quantitative estimate of drug-likeness (QED) is 0.641. The number of aryl methyl sites for hydroxylation is 1. The van der Waals surface area contributed by atoms with Crippen molar-refractivity contribution in [3.63, 3.8) is 0 Å². The summed E-state index contributed by atoms with van der Waals surface area (Å²) in [5, 5.41) is 10.5. The first-order chi connectivity index (χ1) is 8.33. The highest BCUT2D eigenvalue weighted by Gasteiger charge is 2.25. The van der Waals surface area contributed by atoms with Crippen molar-refractivity contribution in [2.24, 2.45) is 5.92 Å². The third-order valence-electron chi connectivity index (χ3n) is 3.76. The van der Waals surface area contributed by atoms with E-state index in [1.807, 2.05) is 6.07 Å². The van der Waals surface area contributed by atoms with E-state index in [1.165, 1.54) is 12.0 Å². The molecule has 0 spiro atoms. The van der Waals surface area contributed by atoms with Gasteiger partial charge in [0.1, 0.15) is 0 Å². The van der Waals surface area contributed by atoms with Gasteiger partial charge in [0.05, 0.1) is 6.10 Å². The second-order valence-corrected chi connectivity index (χ2v) is 4.93. The minimum absolute atomic E-state index is 0.287. The standard InChI is InChI=1S/C15H22O2/c1-17-11-5-9-13-8-4-7-12-6-2-3-10-14(12)15(13)16/h2-3,6,10,13,15-16H,4-5,7-9,11H2,1H3. The van der Waals surface area contributed by atoms with Crippen LogP contribution in [0.4, 0.5) is 0 Å². The summed E-state index contributed by atoms with van der Waals surface area (Å²) in [4.78, 5) is 0. The van der Waals surface area contributed by atoms with Crippen LogP contribution in [0.5, 0.6) is 0 Å². The van der Waals surface area contributed by atoms with Gasteiger partial charge in [0.15, 0.2) is 0 Å². The van der Waals surface area contributed by atoms with E-state index < -0.39 is 0 Å². The first kappa shape index (κ1) is 12.6. The second-order valence-electron chi connectivity index (χ2n) is 4.93. The molecule has 2 rings (SSSR count). The summed E-state index contributed by atoms with van der Waals surface area (Å²) in [5.74, 6) is 0.397. The van der Waals surface area contributed by atoms with E-state index in [2.05, 4.69) is 18.2 Å². The number of benzene rings is 1. The van der Waals surface area contributed by atoms with E-state index >= 15 is 0 Å². The predicted molar refractivity (Wildman–Crippen MR) is 68.9 cm³/mol. The Bertz CT molecular complexity index is 349. The molecular weight excluding hydrogens is 212 g/mol. The Labute approximate surface area is 104 Å². The Kier molecular flexibility index (Phi) is 4.57. The third-order valence-corrected chi connectivity index (χ3v) is 3.76. The lowest BCUT2D eigenvalue weighted by molar-refractivity contribution is 0.0908. The van der Waals surface area contributed by atoms with E-state index in [0.717, 1.165) is 37.9 Å². The van der Waals surface area contributed by atoms with Gasteiger partial charge in [-0.15, -0.1) is 0 Å². The van der Waals surface area contributed by atoms with Crippen molar-refractivity contribution >= 4 is 0 Å². The molecule has 1 N–H and O–H groups in total. The number of hydrogen-bond donors (Lipinski definition) is 1. The molecule has 2 heteroatoms. The molecule has 0 amide bonds. The number of aliphatic hydroxyl groups excluding tert-OH is 1. The molecular formula is C15H22O2. The summed E-state index contributed by atoms with van der Waals surface area (Å²) in [5.41, 5.74) is 2.47. The number of methoxy groups -OCH3 is 1. The van der Waals surface area contributed by atoms with Crippen LogP contribution in [0.3, 0.4) is 0 Å². The average molecular weight is 234 g/mol. The Balaban J connectivity index is 2.06. The van der Waals surface area contributed by atoms with Crippen LogP contribution in [0.15, 0.2) is 24.3 Å². The highest BCUT2D eigenvalue weighted by atomic mass is 16.5. The van der Waals surface area contributed by atoms with E-state index in [4.69, 9.17) is 4.74 Å². The molecule has 1 aromatic carbocycles. The van der Waals surface area contributed by atoms with Gasteiger partial charge in [-0.3, -0.25) is 0 Å². The topological polar surface area (TPSA) is 29.5 Å². The molecule has 0 saturated carbocycles. The summed E-state index contributed by atoms with van der Waals surface area (Å²) in [6, 6.07) is 8.32. The number of aliphatic hydroxyl groups is 1. The number of ether oxygens (including phenoxy) is 1. The molecule has 1 aliphatic rings. The molecule has 17 heavy (non-hydrogen) atoms. The highest BCUT2D eigenvalue weighted by molar-refractivity contribution is 5.30. The van der Waals surface area contributed by atoms with Crippen LogP contribution >= 0.6 is 0 Å². The molecule has 2 atom stereocenters. The van der Waals surface area contributed by atoms with Crippen molar-refractivity contribution in [2.75, 3.05) is 13.7 Å². The van der Waals surface area contributed by atoms with Crippen LogP contribution in [0.2, 0.25) is 0 Å². The highest BCUT2D eigenvalue weighted by Crippen LogP contribution is 2.35. The van der Waals surface area contributed by atoms with Gasteiger partial charge in [-0.25, -0.2) is 0 Å². The monoisotopic (exact) mass is 234 g/mol. The molecule has 1 aromatic rings. The Morgan fingerprint density at radius 1 is 1.35 bits per heavy atom. The predicted octanol–water partition coefficient (Wildman–Crippen LogP) is 3.10. The maximum absolute atomic E-state index is 10.5. The van der Waals surface area contributed by atoms with E-state index in [-0.39, 0.29) is 6.10 Å². The van der Waals surface area contributed by atoms with Gasteiger partial charge in [0, 0.05) is 13.7 Å². The molecule has 0 heterocycles. The Morgan fingerprint density at radius 3 is 3.00 bits per heavy atom. The minimum Gasteiger partial charge on any atom is -0.388 e. The largest absolute Gasteiger partial charge is 0.388 e. The normalized spacial score (nSPS) is 24.1. The SMILES string of the molecule is COCCCC1CCCc2ccccc2C1O. The zero-order chi connectivity index (χ0) is 12.1. The van der Waals surface area contributed by atoms with Gasteiger partial charge in [-0.2, -0.15) is 0 Å². The molecule has 0 saturated heterocycles. The molecule has 0 aromatic heterocycles. The molecule has 0 fully saturated rings. The van der Waals surface area contributed by atoms with Gasteiger partial charge >= 0.3 is 0 Å². The van der Waals surface area contributed by atoms with Crippen molar-refractivity contribution in [2.45, 2.75) is 38.2 Å². The molecule has 0 aliphatic heterocycles. The van der Waals surface area contributed by atoms with Gasteiger partial charge < -0.3 is 9.84 Å². The van der Waals surface area contributed by atoms with Gasteiger partial charge in [0.25, 0.3) is 0 Å². The first-order valence-electron chi connectivity index (χ1n) is 6.57. The fourth-order valence-corrected chi connectivity index (χ4v) is 2.81. The van der Waals surface area contributed by atoms with Crippen LogP contribution in [0.1, 0.15) is 42.9 Å². The van der Waals surface area contributed by atoms with Crippen molar-refractivity contribution in [1.29, 1.82) is 0 Å². The van der Waals surface area contributed by atoms with Crippen molar-refractivity contribution in [3.8, 4) is 0 Å².